The molecule has 3 atom stereocenters. The van der Waals surface area contributed by atoms with Crippen LogP contribution < -0.4 is 0 Å². The van der Waals surface area contributed by atoms with E-state index in [1.54, 1.807) is 11.8 Å². The average Bonchev–Trinajstić information content (AvgIpc) is 3.14. The van der Waals surface area contributed by atoms with E-state index in [1.807, 2.05) is 24.3 Å². The van der Waals surface area contributed by atoms with E-state index in [1.165, 1.54) is 0 Å². The van der Waals surface area contributed by atoms with Crippen molar-refractivity contribution >= 4 is 23.5 Å². The van der Waals surface area contributed by atoms with Gasteiger partial charge in [0.15, 0.2) is 0 Å². The number of halogens is 1. The predicted molar refractivity (Wildman–Crippen MR) is 79.2 cm³/mol. The van der Waals surface area contributed by atoms with Gasteiger partial charge in [0.1, 0.15) is 0 Å². The number of hydrogen-bond donors (Lipinski definition) is 1. The molecule has 112 valence electrons. The smallest absolute Gasteiger partial charge is 0.311 e. The highest BCUT2D eigenvalue weighted by molar-refractivity contribution is 6.30. The van der Waals surface area contributed by atoms with E-state index in [4.69, 9.17) is 11.6 Å². The Morgan fingerprint density at radius 2 is 2.19 bits per heavy atom. The molecule has 1 saturated heterocycles. The number of rotatable bonds is 3. The molecule has 1 heterocycles. The summed E-state index contributed by atoms with van der Waals surface area (Å²) in [6, 6.07) is 7.62. The summed E-state index contributed by atoms with van der Waals surface area (Å²) in [6.45, 7) is 2.57. The Bertz CT molecular complexity index is 603. The second-order valence-electron chi connectivity index (χ2n) is 6.38. The van der Waals surface area contributed by atoms with Crippen molar-refractivity contribution < 1.29 is 14.7 Å². The first kappa shape index (κ1) is 14.4. The Morgan fingerprint density at radius 1 is 1.43 bits per heavy atom. The maximum absolute atomic E-state index is 12.5. The highest BCUT2D eigenvalue weighted by Crippen LogP contribution is 2.49. The molecule has 0 spiro atoms. The fourth-order valence-electron chi connectivity index (χ4n) is 3.13. The minimum atomic E-state index is -0.819. The number of amides is 1. The summed E-state index contributed by atoms with van der Waals surface area (Å²) in [5.74, 6) is -0.516. The number of hydrogen-bond acceptors (Lipinski definition) is 2. The summed E-state index contributed by atoms with van der Waals surface area (Å²) in [4.78, 5) is 25.4. The first-order valence-corrected chi connectivity index (χ1v) is 7.56. The quantitative estimate of drug-likeness (QED) is 0.934. The molecule has 1 saturated carbocycles. The van der Waals surface area contributed by atoms with Gasteiger partial charge in [-0.2, -0.15) is 0 Å². The normalized spacial score (nSPS) is 31.2. The van der Waals surface area contributed by atoms with Crippen LogP contribution in [0.15, 0.2) is 24.3 Å². The van der Waals surface area contributed by atoms with Gasteiger partial charge in [0.2, 0.25) is 5.91 Å². The van der Waals surface area contributed by atoms with Crippen molar-refractivity contribution in [3.05, 3.63) is 34.9 Å². The van der Waals surface area contributed by atoms with Crippen LogP contribution in [0.25, 0.3) is 0 Å². The van der Waals surface area contributed by atoms with Crippen molar-refractivity contribution in [2.24, 2.45) is 11.3 Å². The molecule has 2 aliphatic rings. The van der Waals surface area contributed by atoms with Crippen molar-refractivity contribution in [3.8, 4) is 0 Å². The van der Waals surface area contributed by atoms with Gasteiger partial charge in [-0.15, -0.1) is 0 Å². The Labute approximate surface area is 128 Å². The minimum absolute atomic E-state index is 0.0142. The zero-order valence-electron chi connectivity index (χ0n) is 11.9. The van der Waals surface area contributed by atoms with Gasteiger partial charge in [0, 0.05) is 24.0 Å². The second kappa shape index (κ2) is 5.02. The molecule has 0 unspecified atom stereocenters. The first-order valence-electron chi connectivity index (χ1n) is 7.18. The molecule has 1 aromatic rings. The van der Waals surface area contributed by atoms with E-state index in [-0.39, 0.29) is 17.7 Å². The molecule has 3 rings (SSSR count). The minimum Gasteiger partial charge on any atom is -0.481 e. The molecule has 5 heteroatoms. The summed E-state index contributed by atoms with van der Waals surface area (Å²) in [5, 5.41) is 9.92. The molecule has 21 heavy (non-hydrogen) atoms. The monoisotopic (exact) mass is 307 g/mol. The fraction of sp³-hybridized carbons (Fsp3) is 0.500. The lowest BCUT2D eigenvalue weighted by atomic mass is 9.90. The third-order valence-corrected chi connectivity index (χ3v) is 4.92. The molecular weight excluding hydrogens is 290 g/mol. The van der Waals surface area contributed by atoms with Crippen LogP contribution in [0.2, 0.25) is 5.02 Å². The van der Waals surface area contributed by atoms with Crippen LogP contribution in [-0.4, -0.2) is 35.0 Å². The molecule has 0 aromatic heterocycles. The molecule has 1 N–H and O–H groups in total. The first-order chi connectivity index (χ1) is 9.90. The van der Waals surface area contributed by atoms with Gasteiger partial charge in [-0.25, -0.2) is 0 Å². The zero-order chi connectivity index (χ0) is 15.2. The Hall–Kier alpha value is -1.55. The van der Waals surface area contributed by atoms with Crippen LogP contribution in [-0.2, 0) is 9.59 Å². The third kappa shape index (κ3) is 2.64. The SMILES string of the molecule is C[C@]1(C(=O)O)CCN(C(=O)[C@@H]2C[C@H]2c2cccc(Cl)c2)C1. The Kier molecular flexibility index (Phi) is 3.44. The summed E-state index contributed by atoms with van der Waals surface area (Å²) in [5.41, 5.74) is 0.303. The van der Waals surface area contributed by atoms with Crippen LogP contribution >= 0.6 is 11.6 Å². The van der Waals surface area contributed by atoms with Crippen molar-refractivity contribution in [1.29, 1.82) is 0 Å². The summed E-state index contributed by atoms with van der Waals surface area (Å²) >= 11 is 5.98. The van der Waals surface area contributed by atoms with E-state index in [9.17, 15) is 14.7 Å². The molecule has 4 nitrogen and oxygen atoms in total. The van der Waals surface area contributed by atoms with E-state index in [0.29, 0.717) is 24.5 Å². The third-order valence-electron chi connectivity index (χ3n) is 4.69. The topological polar surface area (TPSA) is 57.6 Å². The molecule has 1 aliphatic carbocycles. The summed E-state index contributed by atoms with van der Waals surface area (Å²) < 4.78 is 0. The summed E-state index contributed by atoms with van der Waals surface area (Å²) in [7, 11) is 0. The zero-order valence-corrected chi connectivity index (χ0v) is 12.6. The van der Waals surface area contributed by atoms with Crippen LogP contribution in [0.5, 0.6) is 0 Å². The Balaban J connectivity index is 1.65. The molecule has 0 bridgehead atoms. The second-order valence-corrected chi connectivity index (χ2v) is 6.82. The molecule has 2 fully saturated rings. The molecule has 0 radical (unpaired) electrons. The number of carbonyl (C=O) groups excluding carboxylic acids is 1. The molecular formula is C16H18ClNO3. The Morgan fingerprint density at radius 3 is 2.81 bits per heavy atom. The number of carbonyl (C=O) groups is 2. The van der Waals surface area contributed by atoms with E-state index < -0.39 is 11.4 Å². The number of nitrogens with zero attached hydrogens (tertiary/aromatic N) is 1. The largest absolute Gasteiger partial charge is 0.481 e. The number of benzene rings is 1. The highest BCUT2D eigenvalue weighted by Gasteiger charge is 2.49. The van der Waals surface area contributed by atoms with Crippen LogP contribution in [0.4, 0.5) is 0 Å². The predicted octanol–water partition coefficient (Wildman–Crippen LogP) is 2.77. The van der Waals surface area contributed by atoms with E-state index >= 15 is 0 Å². The van der Waals surface area contributed by atoms with Crippen LogP contribution in [0.3, 0.4) is 0 Å². The number of aliphatic carboxylic acids is 1. The number of carboxylic acid groups (broad SMARTS) is 1. The van der Waals surface area contributed by atoms with Gasteiger partial charge in [-0.05, 0) is 43.4 Å². The maximum Gasteiger partial charge on any atom is 0.311 e. The molecule has 1 amide bonds. The molecule has 1 aliphatic heterocycles. The van der Waals surface area contributed by atoms with Crippen molar-refractivity contribution in [2.75, 3.05) is 13.1 Å². The lowest BCUT2D eigenvalue weighted by Gasteiger charge is -2.20. The van der Waals surface area contributed by atoms with Gasteiger partial charge in [0.25, 0.3) is 0 Å². The lowest BCUT2D eigenvalue weighted by Crippen LogP contribution is -2.35. The maximum atomic E-state index is 12.5. The van der Waals surface area contributed by atoms with Gasteiger partial charge in [-0.1, -0.05) is 23.7 Å². The van der Waals surface area contributed by atoms with E-state index in [2.05, 4.69) is 0 Å². The van der Waals surface area contributed by atoms with E-state index in [0.717, 1.165) is 12.0 Å². The van der Waals surface area contributed by atoms with Crippen molar-refractivity contribution in [1.82, 2.24) is 4.90 Å². The summed E-state index contributed by atoms with van der Waals surface area (Å²) in [6.07, 6.45) is 1.36. The van der Waals surface area contributed by atoms with Gasteiger partial charge >= 0.3 is 5.97 Å². The van der Waals surface area contributed by atoms with Gasteiger partial charge < -0.3 is 10.0 Å². The van der Waals surface area contributed by atoms with Crippen LogP contribution in [0.1, 0.15) is 31.2 Å². The average molecular weight is 308 g/mol. The number of carboxylic acids is 1. The fourth-order valence-corrected chi connectivity index (χ4v) is 3.33. The van der Waals surface area contributed by atoms with Crippen molar-refractivity contribution in [2.45, 2.75) is 25.7 Å². The van der Waals surface area contributed by atoms with Crippen LogP contribution in [0, 0.1) is 11.3 Å². The van der Waals surface area contributed by atoms with Gasteiger partial charge in [0.05, 0.1) is 5.41 Å². The highest BCUT2D eigenvalue weighted by atomic mass is 35.5. The molecule has 1 aromatic carbocycles. The van der Waals surface area contributed by atoms with Crippen molar-refractivity contribution in [3.63, 3.8) is 0 Å². The van der Waals surface area contributed by atoms with Gasteiger partial charge in [-0.3, -0.25) is 9.59 Å². The number of likely N-dealkylation sites (tertiary alicyclic amines) is 1. The standard InChI is InChI=1S/C16H18ClNO3/c1-16(15(20)21)5-6-18(9-16)14(19)13-8-12(13)10-3-2-4-11(17)7-10/h2-4,7,12-13H,5-6,8-9H2,1H3,(H,20,21)/t12-,13+,16-/m0/s1. The lowest BCUT2D eigenvalue weighted by molar-refractivity contribution is -0.147.